The normalized spacial score (nSPS) is 17.8. The maximum Gasteiger partial charge on any atom is 0.242 e. The summed E-state index contributed by atoms with van der Waals surface area (Å²) in [5.41, 5.74) is 5.40. The fourth-order valence-electron chi connectivity index (χ4n) is 2.31. The Morgan fingerprint density at radius 3 is 2.65 bits per heavy atom. The Hall–Kier alpha value is -1.53. The Labute approximate surface area is 116 Å². The van der Waals surface area contributed by atoms with Gasteiger partial charge in [-0.15, -0.1) is 0 Å². The minimum atomic E-state index is -0.955. The number of hydrogen-bond acceptors (Lipinski definition) is 3. The van der Waals surface area contributed by atoms with Crippen molar-refractivity contribution in [3.8, 4) is 0 Å². The molecular formula is C14H18F2N2O2. The van der Waals surface area contributed by atoms with E-state index < -0.39 is 17.2 Å². The van der Waals surface area contributed by atoms with Crippen LogP contribution in [0.5, 0.6) is 0 Å². The van der Waals surface area contributed by atoms with Gasteiger partial charge >= 0.3 is 0 Å². The first-order chi connectivity index (χ1) is 9.42. The molecule has 4 nitrogen and oxygen atoms in total. The largest absolute Gasteiger partial charge is 0.381 e. The zero-order valence-electron chi connectivity index (χ0n) is 11.4. The molecule has 0 bridgehead atoms. The molecule has 0 aromatic heterocycles. The van der Waals surface area contributed by atoms with Gasteiger partial charge in [0.2, 0.25) is 5.91 Å². The van der Waals surface area contributed by atoms with Crippen LogP contribution in [0, 0.1) is 11.6 Å². The fourth-order valence-corrected chi connectivity index (χ4v) is 2.31. The molecule has 2 rings (SSSR count). The summed E-state index contributed by atoms with van der Waals surface area (Å²) >= 11 is 0. The quantitative estimate of drug-likeness (QED) is 0.913. The first kappa shape index (κ1) is 14.9. The molecular weight excluding hydrogens is 266 g/mol. The summed E-state index contributed by atoms with van der Waals surface area (Å²) < 4.78 is 31.6. The molecule has 0 atom stereocenters. The highest BCUT2D eigenvalue weighted by molar-refractivity contribution is 5.86. The lowest BCUT2D eigenvalue weighted by molar-refractivity contribution is -0.139. The van der Waals surface area contributed by atoms with Crippen molar-refractivity contribution in [2.45, 2.75) is 24.9 Å². The zero-order chi connectivity index (χ0) is 14.8. The second kappa shape index (κ2) is 5.85. The van der Waals surface area contributed by atoms with Crippen LogP contribution in [0.3, 0.4) is 0 Å². The second-order valence-electron chi connectivity index (χ2n) is 5.17. The molecule has 2 N–H and O–H groups in total. The number of carbonyl (C=O) groups excluding carboxylic acids is 1. The average molecular weight is 284 g/mol. The molecule has 0 radical (unpaired) electrons. The maximum absolute atomic E-state index is 13.6. The Morgan fingerprint density at radius 1 is 1.40 bits per heavy atom. The monoisotopic (exact) mass is 284 g/mol. The molecule has 1 aliphatic heterocycles. The van der Waals surface area contributed by atoms with Crippen molar-refractivity contribution in [2.24, 2.45) is 5.73 Å². The number of amides is 1. The Bertz CT molecular complexity index is 502. The van der Waals surface area contributed by atoms with E-state index in [1.807, 2.05) is 0 Å². The number of halogens is 2. The molecule has 110 valence electrons. The van der Waals surface area contributed by atoms with Crippen LogP contribution in [0.15, 0.2) is 18.2 Å². The number of likely N-dealkylation sites (N-methyl/N-ethyl adjacent to an activating group) is 1. The number of ether oxygens (including phenoxy) is 1. The summed E-state index contributed by atoms with van der Waals surface area (Å²) in [4.78, 5) is 13.7. The fraction of sp³-hybridized carbons (Fsp3) is 0.500. The van der Waals surface area contributed by atoms with Crippen LogP contribution in [0.2, 0.25) is 0 Å². The van der Waals surface area contributed by atoms with Crippen molar-refractivity contribution in [1.82, 2.24) is 4.90 Å². The number of hydrogen-bond donors (Lipinski definition) is 1. The van der Waals surface area contributed by atoms with Gasteiger partial charge in [-0.2, -0.15) is 0 Å². The third-order valence-corrected chi connectivity index (χ3v) is 3.58. The van der Waals surface area contributed by atoms with Crippen LogP contribution in [0.25, 0.3) is 0 Å². The summed E-state index contributed by atoms with van der Waals surface area (Å²) in [5, 5.41) is 0. The summed E-state index contributed by atoms with van der Waals surface area (Å²) in [7, 11) is 1.56. The van der Waals surface area contributed by atoms with Crippen LogP contribution in [0.1, 0.15) is 18.4 Å². The van der Waals surface area contributed by atoms with Gasteiger partial charge in [-0.25, -0.2) is 8.78 Å². The summed E-state index contributed by atoms with van der Waals surface area (Å²) in [6.07, 6.45) is 0.893. The number of rotatable bonds is 3. The standard InChI is InChI=1S/C14H18F2N2O2/c1-18(9-10-2-3-11(15)8-12(10)16)13(19)14(17)4-6-20-7-5-14/h2-3,8H,4-7,9,17H2,1H3. The van der Waals surface area contributed by atoms with E-state index in [2.05, 4.69) is 0 Å². The molecule has 1 fully saturated rings. The lowest BCUT2D eigenvalue weighted by Gasteiger charge is -2.35. The highest BCUT2D eigenvalue weighted by Gasteiger charge is 2.37. The molecule has 0 saturated carbocycles. The molecule has 1 aliphatic rings. The van der Waals surface area contributed by atoms with Crippen LogP contribution in [-0.2, 0) is 16.1 Å². The maximum atomic E-state index is 13.6. The van der Waals surface area contributed by atoms with Gasteiger partial charge in [-0.3, -0.25) is 4.79 Å². The Kier molecular flexibility index (Phi) is 4.35. The van der Waals surface area contributed by atoms with Gasteiger partial charge in [0.1, 0.15) is 11.6 Å². The van der Waals surface area contributed by atoms with Crippen molar-refractivity contribution < 1.29 is 18.3 Å². The predicted octanol–water partition coefficient (Wildman–Crippen LogP) is 1.43. The highest BCUT2D eigenvalue weighted by Crippen LogP contribution is 2.21. The predicted molar refractivity (Wildman–Crippen MR) is 69.8 cm³/mol. The van der Waals surface area contributed by atoms with E-state index in [1.54, 1.807) is 7.05 Å². The number of carbonyl (C=O) groups is 1. The van der Waals surface area contributed by atoms with Crippen LogP contribution in [0.4, 0.5) is 8.78 Å². The molecule has 1 amide bonds. The van der Waals surface area contributed by atoms with Gasteiger partial charge < -0.3 is 15.4 Å². The molecule has 0 aliphatic carbocycles. The lowest BCUT2D eigenvalue weighted by Crippen LogP contribution is -2.57. The van der Waals surface area contributed by atoms with E-state index in [9.17, 15) is 13.6 Å². The average Bonchev–Trinajstić information content (AvgIpc) is 2.42. The van der Waals surface area contributed by atoms with Crippen LogP contribution >= 0.6 is 0 Å². The van der Waals surface area contributed by atoms with Crippen molar-refractivity contribution >= 4 is 5.91 Å². The summed E-state index contributed by atoms with van der Waals surface area (Å²) in [6.45, 7) is 0.951. The van der Waals surface area contributed by atoms with Crippen molar-refractivity contribution in [2.75, 3.05) is 20.3 Å². The molecule has 20 heavy (non-hydrogen) atoms. The topological polar surface area (TPSA) is 55.6 Å². The van der Waals surface area contributed by atoms with E-state index >= 15 is 0 Å². The zero-order valence-corrected chi connectivity index (χ0v) is 11.4. The van der Waals surface area contributed by atoms with E-state index in [1.165, 1.54) is 17.0 Å². The summed E-state index contributed by atoms with van der Waals surface area (Å²) in [6, 6.07) is 3.31. The van der Waals surface area contributed by atoms with Gasteiger partial charge in [-0.05, 0) is 18.9 Å². The third-order valence-electron chi connectivity index (χ3n) is 3.58. The molecule has 6 heteroatoms. The van der Waals surface area contributed by atoms with Gasteiger partial charge in [0.25, 0.3) is 0 Å². The number of benzene rings is 1. The molecule has 0 unspecified atom stereocenters. The van der Waals surface area contributed by atoms with Crippen molar-refractivity contribution in [3.63, 3.8) is 0 Å². The smallest absolute Gasteiger partial charge is 0.242 e. The highest BCUT2D eigenvalue weighted by atomic mass is 19.1. The number of nitrogens with two attached hydrogens (primary N) is 1. The minimum Gasteiger partial charge on any atom is -0.381 e. The molecule has 1 aromatic carbocycles. The van der Waals surface area contributed by atoms with Gasteiger partial charge in [0, 0.05) is 38.4 Å². The minimum absolute atomic E-state index is 0.0603. The Morgan fingerprint density at radius 2 is 2.05 bits per heavy atom. The van der Waals surface area contributed by atoms with Gasteiger partial charge in [0.05, 0.1) is 5.54 Å². The molecule has 0 spiro atoms. The summed E-state index contributed by atoms with van der Waals surface area (Å²) in [5.74, 6) is -1.55. The van der Waals surface area contributed by atoms with E-state index in [0.29, 0.717) is 26.1 Å². The first-order valence-corrected chi connectivity index (χ1v) is 6.48. The molecule has 1 aromatic rings. The van der Waals surface area contributed by atoms with Gasteiger partial charge in [0.15, 0.2) is 0 Å². The van der Waals surface area contributed by atoms with Crippen molar-refractivity contribution in [3.05, 3.63) is 35.4 Å². The lowest BCUT2D eigenvalue weighted by atomic mass is 9.89. The van der Waals surface area contributed by atoms with Gasteiger partial charge in [-0.1, -0.05) is 6.07 Å². The third kappa shape index (κ3) is 3.13. The second-order valence-corrected chi connectivity index (χ2v) is 5.17. The van der Waals surface area contributed by atoms with E-state index in [0.717, 1.165) is 6.07 Å². The van der Waals surface area contributed by atoms with E-state index in [4.69, 9.17) is 10.5 Å². The molecule has 1 saturated heterocycles. The van der Waals surface area contributed by atoms with E-state index in [-0.39, 0.29) is 18.0 Å². The Balaban J connectivity index is 2.07. The SMILES string of the molecule is CN(Cc1ccc(F)cc1F)C(=O)C1(N)CCOCC1. The van der Waals surface area contributed by atoms with Crippen LogP contribution < -0.4 is 5.73 Å². The molecule has 1 heterocycles. The van der Waals surface area contributed by atoms with Crippen LogP contribution in [-0.4, -0.2) is 36.6 Å². The van der Waals surface area contributed by atoms with Crippen molar-refractivity contribution in [1.29, 1.82) is 0 Å². The first-order valence-electron chi connectivity index (χ1n) is 6.48. The number of nitrogens with zero attached hydrogens (tertiary/aromatic N) is 1.